The Labute approximate surface area is 189 Å². The van der Waals surface area contributed by atoms with Crippen LogP contribution in [-0.2, 0) is 0 Å². The Morgan fingerprint density at radius 1 is 0.375 bits per heavy atom. The van der Waals surface area contributed by atoms with Gasteiger partial charge in [-0.05, 0) is 79.4 Å². The van der Waals surface area contributed by atoms with Crippen molar-refractivity contribution < 1.29 is 41.7 Å². The molecule has 1 heteroatoms. The monoisotopic (exact) mass is 451 g/mol. The van der Waals surface area contributed by atoms with Crippen LogP contribution < -0.4 is 0 Å². The van der Waals surface area contributed by atoms with Gasteiger partial charge in [-0.25, -0.2) is 0 Å². The standard InChI is InChI=1S/2C10H15.C3H5.Ce/c2*1-6-7(2)9(4)10(5)8(6)3;1-3-2;/h2*1-5H3;3H,1-2H2;. The minimum atomic E-state index is 0. The van der Waals surface area contributed by atoms with Gasteiger partial charge in [-0.1, -0.05) is 69.2 Å². The smallest absolute Gasteiger partial charge is 0 e. The van der Waals surface area contributed by atoms with Gasteiger partial charge in [-0.3, -0.25) is 0 Å². The fraction of sp³-hybridized carbons (Fsp3) is 0.435. The van der Waals surface area contributed by atoms with Crippen LogP contribution >= 0.6 is 0 Å². The molecule has 0 aromatic carbocycles. The van der Waals surface area contributed by atoms with Crippen LogP contribution in [-0.4, -0.2) is 0 Å². The van der Waals surface area contributed by atoms with Gasteiger partial charge >= 0.3 is 0 Å². The van der Waals surface area contributed by atoms with E-state index >= 15 is 0 Å². The first-order valence-corrected chi connectivity index (χ1v) is 8.32. The quantitative estimate of drug-likeness (QED) is 0.380. The molecule has 24 heavy (non-hydrogen) atoms. The summed E-state index contributed by atoms with van der Waals surface area (Å²) in [5, 5.41) is 0. The van der Waals surface area contributed by atoms with Gasteiger partial charge in [0, 0.05) is 41.7 Å². The molecule has 0 aromatic heterocycles. The van der Waals surface area contributed by atoms with Crippen LogP contribution in [0.2, 0.25) is 0 Å². The summed E-state index contributed by atoms with van der Waals surface area (Å²) >= 11 is 0. The fourth-order valence-corrected chi connectivity index (χ4v) is 2.81. The van der Waals surface area contributed by atoms with Crippen molar-refractivity contribution >= 4 is 0 Å². The molecule has 0 heterocycles. The van der Waals surface area contributed by atoms with E-state index in [-0.39, 0.29) is 41.7 Å². The summed E-state index contributed by atoms with van der Waals surface area (Å²) in [6.45, 7) is 28.5. The van der Waals surface area contributed by atoms with Crippen LogP contribution in [0.4, 0.5) is 0 Å². The van der Waals surface area contributed by atoms with Crippen molar-refractivity contribution in [2.45, 2.75) is 69.2 Å². The number of hydrogen-bond acceptors (Lipinski definition) is 0. The first-order chi connectivity index (χ1) is 10.5. The average molecular weight is 452 g/mol. The molecule has 0 aliphatic heterocycles. The maximum Gasteiger partial charge on any atom is 0 e. The molecule has 2 aliphatic rings. The molecule has 2 aliphatic carbocycles. The Kier molecular flexibility index (Phi) is 14.6. The molecule has 2 saturated carbocycles. The first-order valence-electron chi connectivity index (χ1n) is 8.32. The zero-order valence-corrected chi connectivity index (χ0v) is 20.6. The van der Waals surface area contributed by atoms with Gasteiger partial charge in [-0.15, -0.1) is 0 Å². The van der Waals surface area contributed by atoms with E-state index in [1.807, 2.05) is 0 Å². The second-order valence-corrected chi connectivity index (χ2v) is 6.54. The maximum absolute atomic E-state index is 3.25. The van der Waals surface area contributed by atoms with Crippen molar-refractivity contribution in [1.82, 2.24) is 0 Å². The molecule has 2 rings (SSSR count). The van der Waals surface area contributed by atoms with Crippen LogP contribution in [0, 0.1) is 121 Å². The molecule has 0 atom stereocenters. The molecule has 0 N–H and O–H groups in total. The number of rotatable bonds is 0. The van der Waals surface area contributed by atoms with Gasteiger partial charge in [0.05, 0.1) is 0 Å². The van der Waals surface area contributed by atoms with E-state index in [0.717, 1.165) is 0 Å². The Hall–Kier alpha value is 1.38. The molecule has 13 radical (unpaired) electrons. The summed E-state index contributed by atoms with van der Waals surface area (Å²) in [5.41, 5.74) is 0. The molecule has 0 amide bonds. The minimum absolute atomic E-state index is 0. The SMILES string of the molecule is C[C]1[C](C)[C](C)[C](C)[C]1C.C[C]1[C](C)[C](C)[C](C)[C]1C.[CH2][CH][CH2].[Ce]. The largest absolute Gasteiger partial charge is 0.0579 e. The van der Waals surface area contributed by atoms with E-state index in [0.29, 0.717) is 0 Å². The third kappa shape index (κ3) is 6.84. The average Bonchev–Trinajstić information content (AvgIpc) is 2.80. The van der Waals surface area contributed by atoms with Crippen LogP contribution in [0.3, 0.4) is 0 Å². The Morgan fingerprint density at radius 3 is 0.458 bits per heavy atom. The van der Waals surface area contributed by atoms with Crippen molar-refractivity contribution in [2.75, 3.05) is 0 Å². The van der Waals surface area contributed by atoms with Gasteiger partial charge < -0.3 is 0 Å². The van der Waals surface area contributed by atoms with Gasteiger partial charge in [0.2, 0.25) is 0 Å². The fourth-order valence-electron chi connectivity index (χ4n) is 2.81. The minimum Gasteiger partial charge on any atom is -0.0579 e. The normalized spacial score (nSPS) is 24.5. The van der Waals surface area contributed by atoms with Crippen LogP contribution in [0.15, 0.2) is 0 Å². The third-order valence-electron chi connectivity index (χ3n) is 5.62. The molecular formula is C23H35Ce. The predicted octanol–water partition coefficient (Wildman–Crippen LogP) is 6.80. The summed E-state index contributed by atoms with van der Waals surface area (Å²) in [7, 11) is 0. The molecule has 0 nitrogen and oxygen atoms in total. The maximum atomic E-state index is 3.25. The van der Waals surface area contributed by atoms with E-state index < -0.39 is 0 Å². The van der Waals surface area contributed by atoms with Crippen molar-refractivity contribution in [3.63, 3.8) is 0 Å². The summed E-state index contributed by atoms with van der Waals surface area (Å²) in [6.07, 6.45) is 1.50. The topological polar surface area (TPSA) is 0 Å². The summed E-state index contributed by atoms with van der Waals surface area (Å²) in [6, 6.07) is 0. The van der Waals surface area contributed by atoms with Gasteiger partial charge in [0.25, 0.3) is 0 Å². The molecule has 0 bridgehead atoms. The van der Waals surface area contributed by atoms with E-state index in [1.54, 1.807) is 0 Å². The zero-order valence-electron chi connectivity index (χ0n) is 17.5. The molecule has 131 valence electrons. The van der Waals surface area contributed by atoms with Crippen molar-refractivity contribution in [2.24, 2.45) is 0 Å². The summed E-state index contributed by atoms with van der Waals surface area (Å²) < 4.78 is 0. The third-order valence-corrected chi connectivity index (χ3v) is 5.62. The van der Waals surface area contributed by atoms with Gasteiger partial charge in [-0.2, -0.15) is 0 Å². The van der Waals surface area contributed by atoms with Gasteiger partial charge in [0.15, 0.2) is 0 Å². The van der Waals surface area contributed by atoms with Crippen LogP contribution in [0.25, 0.3) is 0 Å². The molecular weight excluding hydrogens is 416 g/mol. The second kappa shape index (κ2) is 12.7. The second-order valence-electron chi connectivity index (χ2n) is 6.54. The van der Waals surface area contributed by atoms with Crippen LogP contribution in [0.5, 0.6) is 0 Å². The molecule has 0 unspecified atom stereocenters. The van der Waals surface area contributed by atoms with E-state index in [2.05, 4.69) is 83.1 Å². The Bertz CT molecular complexity index is 193. The Balaban J connectivity index is 0. The van der Waals surface area contributed by atoms with Crippen molar-refractivity contribution in [3.05, 3.63) is 79.4 Å². The first kappa shape index (κ1) is 27.6. The van der Waals surface area contributed by atoms with Gasteiger partial charge in [0.1, 0.15) is 0 Å². The van der Waals surface area contributed by atoms with E-state index in [9.17, 15) is 0 Å². The summed E-state index contributed by atoms with van der Waals surface area (Å²) in [5.74, 6) is 14.7. The Morgan fingerprint density at radius 2 is 0.417 bits per heavy atom. The van der Waals surface area contributed by atoms with E-state index in [4.69, 9.17) is 0 Å². The molecule has 0 spiro atoms. The molecule has 0 saturated heterocycles. The van der Waals surface area contributed by atoms with Crippen LogP contribution in [0.1, 0.15) is 69.2 Å². The number of hydrogen-bond donors (Lipinski definition) is 0. The molecule has 0 aromatic rings. The van der Waals surface area contributed by atoms with Crippen molar-refractivity contribution in [1.29, 1.82) is 0 Å². The van der Waals surface area contributed by atoms with Crippen molar-refractivity contribution in [3.8, 4) is 0 Å². The molecule has 2 fully saturated rings. The van der Waals surface area contributed by atoms with E-state index in [1.165, 1.54) is 65.6 Å². The zero-order chi connectivity index (χ0) is 18.5. The summed E-state index contributed by atoms with van der Waals surface area (Å²) in [4.78, 5) is 0. The predicted molar refractivity (Wildman–Crippen MR) is 104 cm³/mol.